The molecule has 0 spiro atoms. The minimum atomic E-state index is -0.173. The molecule has 1 aliphatic rings. The first kappa shape index (κ1) is 21.7. The van der Waals surface area contributed by atoms with Crippen LogP contribution < -0.4 is 20.9 Å². The molecule has 1 saturated heterocycles. The minimum Gasteiger partial charge on any atom is -0.368 e. The normalized spacial score (nSPS) is 14.4. The van der Waals surface area contributed by atoms with Gasteiger partial charge in [-0.05, 0) is 43.8 Å². The van der Waals surface area contributed by atoms with Gasteiger partial charge in [0.05, 0.1) is 17.9 Å². The van der Waals surface area contributed by atoms with E-state index >= 15 is 0 Å². The highest BCUT2D eigenvalue weighted by molar-refractivity contribution is 5.92. The number of carbonyl (C=O) groups excluding carboxylic acids is 2. The molecule has 3 rings (SSSR count). The first-order chi connectivity index (χ1) is 14.5. The van der Waals surface area contributed by atoms with E-state index in [1.807, 2.05) is 25.1 Å². The number of nitrogens with zero attached hydrogens (tertiary/aromatic N) is 4. The summed E-state index contributed by atoms with van der Waals surface area (Å²) >= 11 is 0. The Balaban J connectivity index is 1.56. The van der Waals surface area contributed by atoms with Crippen molar-refractivity contribution in [2.75, 3.05) is 57.0 Å². The summed E-state index contributed by atoms with van der Waals surface area (Å²) in [5.74, 6) is 0.291. The summed E-state index contributed by atoms with van der Waals surface area (Å²) in [6.07, 6.45) is 1.73. The SMILES string of the molecule is CNCC(=O)Nc1cc(CN2CCN(c3ccc(C(=O)NC)nc3C)CC2)ccn1. The standard InChI is InChI=1S/C21H29N7O2/c1-15-18(5-4-17(25-15)21(30)23-3)28-10-8-27(9-11-28)14-16-6-7-24-19(12-16)26-20(29)13-22-2/h4-7,12,22H,8-11,13-14H2,1-3H3,(H,23,30)(H,24,26,29). The van der Waals surface area contributed by atoms with Crippen LogP contribution in [0.1, 0.15) is 21.7 Å². The van der Waals surface area contributed by atoms with Crippen molar-refractivity contribution in [2.24, 2.45) is 0 Å². The molecule has 0 unspecified atom stereocenters. The molecule has 3 heterocycles. The van der Waals surface area contributed by atoms with Gasteiger partial charge in [-0.3, -0.25) is 14.5 Å². The number of carbonyl (C=O) groups is 2. The van der Waals surface area contributed by atoms with Crippen LogP contribution in [0.2, 0.25) is 0 Å². The molecule has 9 heteroatoms. The van der Waals surface area contributed by atoms with Crippen LogP contribution >= 0.6 is 0 Å². The van der Waals surface area contributed by atoms with Crippen molar-refractivity contribution in [3.05, 3.63) is 47.4 Å². The second-order valence-corrected chi connectivity index (χ2v) is 7.27. The number of nitrogens with one attached hydrogen (secondary N) is 3. The van der Waals surface area contributed by atoms with Crippen LogP contribution in [0, 0.1) is 6.92 Å². The van der Waals surface area contributed by atoms with E-state index in [9.17, 15) is 9.59 Å². The monoisotopic (exact) mass is 411 g/mol. The number of pyridine rings is 2. The third-order valence-electron chi connectivity index (χ3n) is 5.07. The zero-order valence-corrected chi connectivity index (χ0v) is 17.7. The first-order valence-electron chi connectivity index (χ1n) is 10.1. The van der Waals surface area contributed by atoms with Crippen molar-refractivity contribution in [3.63, 3.8) is 0 Å². The number of amides is 2. The average molecular weight is 412 g/mol. The fraction of sp³-hybridized carbons (Fsp3) is 0.429. The highest BCUT2D eigenvalue weighted by atomic mass is 16.2. The van der Waals surface area contributed by atoms with Gasteiger partial charge >= 0.3 is 0 Å². The minimum absolute atomic E-state index is 0.109. The number of hydrogen-bond donors (Lipinski definition) is 3. The maximum atomic E-state index is 11.8. The molecule has 2 aromatic rings. The predicted molar refractivity (Wildman–Crippen MR) is 117 cm³/mol. The Hall–Kier alpha value is -3.04. The van der Waals surface area contributed by atoms with Gasteiger partial charge in [0.1, 0.15) is 11.5 Å². The predicted octanol–water partition coefficient (Wildman–Crippen LogP) is 0.625. The summed E-state index contributed by atoms with van der Waals surface area (Å²) in [6.45, 7) is 6.61. The van der Waals surface area contributed by atoms with Crippen molar-refractivity contribution in [1.82, 2.24) is 25.5 Å². The highest BCUT2D eigenvalue weighted by Gasteiger charge is 2.20. The van der Waals surface area contributed by atoms with Crippen LogP contribution in [-0.2, 0) is 11.3 Å². The average Bonchev–Trinajstić information content (AvgIpc) is 2.74. The Morgan fingerprint density at radius 1 is 1.10 bits per heavy atom. The lowest BCUT2D eigenvalue weighted by Crippen LogP contribution is -2.46. The van der Waals surface area contributed by atoms with Gasteiger partial charge in [-0.15, -0.1) is 0 Å². The van der Waals surface area contributed by atoms with E-state index < -0.39 is 0 Å². The molecule has 0 atom stereocenters. The van der Waals surface area contributed by atoms with Gasteiger partial charge in [0.25, 0.3) is 5.91 Å². The van der Waals surface area contributed by atoms with Crippen molar-refractivity contribution >= 4 is 23.3 Å². The summed E-state index contributed by atoms with van der Waals surface area (Å²) in [5, 5.41) is 8.23. The van der Waals surface area contributed by atoms with E-state index in [1.54, 1.807) is 26.4 Å². The highest BCUT2D eigenvalue weighted by Crippen LogP contribution is 2.21. The Kier molecular flexibility index (Phi) is 7.31. The van der Waals surface area contributed by atoms with Crippen LogP contribution in [0.5, 0.6) is 0 Å². The van der Waals surface area contributed by atoms with Crippen LogP contribution in [0.25, 0.3) is 0 Å². The van der Waals surface area contributed by atoms with Gasteiger partial charge in [0.2, 0.25) is 5.91 Å². The summed E-state index contributed by atoms with van der Waals surface area (Å²) < 4.78 is 0. The number of aryl methyl sites for hydroxylation is 1. The maximum Gasteiger partial charge on any atom is 0.269 e. The fourth-order valence-corrected chi connectivity index (χ4v) is 3.54. The van der Waals surface area contributed by atoms with Crippen molar-refractivity contribution in [3.8, 4) is 0 Å². The summed E-state index contributed by atoms with van der Waals surface area (Å²) in [7, 11) is 3.34. The zero-order valence-electron chi connectivity index (χ0n) is 17.7. The van der Waals surface area contributed by atoms with E-state index in [-0.39, 0.29) is 18.4 Å². The molecule has 9 nitrogen and oxygen atoms in total. The Morgan fingerprint density at radius 3 is 2.53 bits per heavy atom. The third-order valence-corrected chi connectivity index (χ3v) is 5.07. The topological polar surface area (TPSA) is 102 Å². The zero-order chi connectivity index (χ0) is 21.5. The lowest BCUT2D eigenvalue weighted by atomic mass is 10.2. The Morgan fingerprint density at radius 2 is 1.87 bits per heavy atom. The van der Waals surface area contributed by atoms with Gasteiger partial charge in [-0.25, -0.2) is 9.97 Å². The van der Waals surface area contributed by atoms with Gasteiger partial charge in [-0.2, -0.15) is 0 Å². The lowest BCUT2D eigenvalue weighted by Gasteiger charge is -2.36. The van der Waals surface area contributed by atoms with E-state index in [0.717, 1.165) is 49.7 Å². The Bertz CT molecular complexity index is 895. The van der Waals surface area contributed by atoms with E-state index in [4.69, 9.17) is 0 Å². The summed E-state index contributed by atoms with van der Waals surface area (Å²) in [4.78, 5) is 36.8. The largest absolute Gasteiger partial charge is 0.368 e. The van der Waals surface area contributed by atoms with E-state index in [2.05, 4.69) is 35.7 Å². The molecule has 0 bridgehead atoms. The van der Waals surface area contributed by atoms with Crippen molar-refractivity contribution in [2.45, 2.75) is 13.5 Å². The lowest BCUT2D eigenvalue weighted by molar-refractivity contribution is -0.115. The van der Waals surface area contributed by atoms with Crippen LogP contribution in [-0.4, -0.2) is 73.5 Å². The van der Waals surface area contributed by atoms with Crippen molar-refractivity contribution < 1.29 is 9.59 Å². The van der Waals surface area contributed by atoms with Gasteiger partial charge in [0, 0.05) is 46.0 Å². The molecule has 2 aromatic heterocycles. The molecule has 2 amide bonds. The molecule has 3 N–H and O–H groups in total. The van der Waals surface area contributed by atoms with Gasteiger partial charge in [0.15, 0.2) is 0 Å². The number of piperazine rings is 1. The molecule has 0 aromatic carbocycles. The van der Waals surface area contributed by atoms with Crippen LogP contribution in [0.3, 0.4) is 0 Å². The van der Waals surface area contributed by atoms with E-state index in [0.29, 0.717) is 11.5 Å². The molecule has 0 radical (unpaired) electrons. The summed E-state index contributed by atoms with van der Waals surface area (Å²) in [5.41, 5.74) is 3.49. The third kappa shape index (κ3) is 5.52. The quantitative estimate of drug-likeness (QED) is 0.614. The molecule has 160 valence electrons. The molecule has 1 fully saturated rings. The van der Waals surface area contributed by atoms with Crippen LogP contribution in [0.15, 0.2) is 30.5 Å². The fourth-order valence-electron chi connectivity index (χ4n) is 3.54. The summed E-state index contributed by atoms with van der Waals surface area (Å²) in [6, 6.07) is 7.65. The Labute approximate surface area is 176 Å². The second-order valence-electron chi connectivity index (χ2n) is 7.27. The molecular formula is C21H29N7O2. The number of hydrogen-bond acceptors (Lipinski definition) is 7. The molecule has 0 saturated carbocycles. The number of likely N-dealkylation sites (N-methyl/N-ethyl adjacent to an activating group) is 1. The number of aromatic nitrogens is 2. The second kappa shape index (κ2) is 10.1. The smallest absolute Gasteiger partial charge is 0.269 e. The number of rotatable bonds is 7. The maximum absolute atomic E-state index is 11.8. The molecular weight excluding hydrogens is 382 g/mol. The van der Waals surface area contributed by atoms with Gasteiger partial charge < -0.3 is 20.9 Å². The van der Waals surface area contributed by atoms with Crippen molar-refractivity contribution in [1.29, 1.82) is 0 Å². The molecule has 1 aliphatic heterocycles. The van der Waals surface area contributed by atoms with E-state index in [1.165, 1.54) is 0 Å². The molecule has 30 heavy (non-hydrogen) atoms. The molecule has 0 aliphatic carbocycles. The first-order valence-corrected chi connectivity index (χ1v) is 10.1. The van der Waals surface area contributed by atoms with Gasteiger partial charge in [-0.1, -0.05) is 0 Å². The number of anilines is 2. The van der Waals surface area contributed by atoms with Crippen LogP contribution in [0.4, 0.5) is 11.5 Å².